The van der Waals surface area contributed by atoms with Crippen LogP contribution in [0.3, 0.4) is 0 Å². The minimum absolute atomic E-state index is 0.0862. The van der Waals surface area contributed by atoms with E-state index in [-0.39, 0.29) is 11.7 Å². The molecule has 5 nitrogen and oxygen atoms in total. The fraction of sp³-hybridized carbons (Fsp3) is 0.429. The molecule has 1 aliphatic heterocycles. The van der Waals surface area contributed by atoms with Crippen LogP contribution in [0.5, 0.6) is 0 Å². The van der Waals surface area contributed by atoms with Crippen LogP contribution in [0.2, 0.25) is 0 Å². The molecule has 1 amide bonds. The summed E-state index contributed by atoms with van der Waals surface area (Å²) in [6.07, 6.45) is 0.116. The first kappa shape index (κ1) is 14.5. The number of benzene rings is 1. The first-order valence-corrected chi connectivity index (χ1v) is 6.42. The van der Waals surface area contributed by atoms with Crippen molar-refractivity contribution in [3.05, 3.63) is 23.5 Å². The van der Waals surface area contributed by atoms with E-state index in [1.165, 1.54) is 6.07 Å². The Bertz CT molecular complexity index is 558. The van der Waals surface area contributed by atoms with E-state index in [1.54, 1.807) is 11.9 Å². The average Bonchev–Trinajstić information content (AvgIpc) is 2.64. The number of amides is 1. The maximum atomic E-state index is 14.0. The highest BCUT2D eigenvalue weighted by Crippen LogP contribution is 2.30. The van der Waals surface area contributed by atoms with Crippen LogP contribution in [-0.4, -0.2) is 38.0 Å². The number of ether oxygens (including phenoxy) is 1. The Morgan fingerprint density at radius 2 is 2.05 bits per heavy atom. The van der Waals surface area contributed by atoms with Crippen molar-refractivity contribution in [2.45, 2.75) is 20.0 Å². The molecule has 0 saturated carbocycles. The van der Waals surface area contributed by atoms with E-state index in [0.717, 1.165) is 6.07 Å². The summed E-state index contributed by atoms with van der Waals surface area (Å²) < 4.78 is 19.4. The fourth-order valence-electron chi connectivity index (χ4n) is 1.99. The van der Waals surface area contributed by atoms with E-state index >= 15 is 0 Å². The SMILES string of the molecule is CC(C)OCCN(C)c1cc2c(cc1F)C(=O)C(=O)N2. The Hall–Kier alpha value is -1.95. The number of anilines is 2. The lowest BCUT2D eigenvalue weighted by Crippen LogP contribution is -2.24. The molecule has 0 aromatic heterocycles. The number of Topliss-reactive ketones (excluding diaryl/α,β-unsaturated/α-hetero) is 1. The van der Waals surface area contributed by atoms with Gasteiger partial charge in [0.15, 0.2) is 0 Å². The third kappa shape index (κ3) is 2.80. The average molecular weight is 280 g/mol. The minimum atomic E-state index is -0.720. The van der Waals surface area contributed by atoms with Gasteiger partial charge < -0.3 is 15.0 Å². The van der Waals surface area contributed by atoms with Crippen LogP contribution < -0.4 is 10.2 Å². The molecule has 108 valence electrons. The highest BCUT2D eigenvalue weighted by Gasteiger charge is 2.29. The topological polar surface area (TPSA) is 58.6 Å². The van der Waals surface area contributed by atoms with E-state index < -0.39 is 17.5 Å². The van der Waals surface area contributed by atoms with Crippen molar-refractivity contribution >= 4 is 23.1 Å². The van der Waals surface area contributed by atoms with Crippen molar-refractivity contribution in [3.63, 3.8) is 0 Å². The number of halogens is 1. The maximum Gasteiger partial charge on any atom is 0.296 e. The fourth-order valence-corrected chi connectivity index (χ4v) is 1.99. The molecule has 1 aliphatic rings. The number of rotatable bonds is 5. The second-order valence-corrected chi connectivity index (χ2v) is 4.97. The molecule has 1 aromatic rings. The Labute approximate surface area is 116 Å². The molecule has 6 heteroatoms. The van der Waals surface area contributed by atoms with Crippen LogP contribution in [0.4, 0.5) is 15.8 Å². The minimum Gasteiger partial charge on any atom is -0.377 e. The lowest BCUT2D eigenvalue weighted by atomic mass is 10.1. The van der Waals surface area contributed by atoms with Crippen molar-refractivity contribution in [2.75, 3.05) is 30.4 Å². The van der Waals surface area contributed by atoms with Gasteiger partial charge in [-0.25, -0.2) is 4.39 Å². The molecular weight excluding hydrogens is 263 g/mol. The van der Waals surface area contributed by atoms with Gasteiger partial charge in [-0.1, -0.05) is 0 Å². The van der Waals surface area contributed by atoms with Crippen molar-refractivity contribution in [3.8, 4) is 0 Å². The van der Waals surface area contributed by atoms with Gasteiger partial charge in [0.25, 0.3) is 11.7 Å². The largest absolute Gasteiger partial charge is 0.377 e. The van der Waals surface area contributed by atoms with Crippen LogP contribution in [-0.2, 0) is 9.53 Å². The molecule has 0 bridgehead atoms. The molecule has 1 heterocycles. The smallest absolute Gasteiger partial charge is 0.296 e. The lowest BCUT2D eigenvalue weighted by molar-refractivity contribution is -0.112. The number of carbonyl (C=O) groups excluding carboxylic acids is 2. The molecule has 1 N–H and O–H groups in total. The third-order valence-corrected chi connectivity index (χ3v) is 3.08. The highest BCUT2D eigenvalue weighted by molar-refractivity contribution is 6.51. The maximum absolute atomic E-state index is 14.0. The molecule has 0 unspecified atom stereocenters. The van der Waals surface area contributed by atoms with Crippen molar-refractivity contribution in [2.24, 2.45) is 0 Å². The van der Waals surface area contributed by atoms with Crippen LogP contribution in [0.15, 0.2) is 12.1 Å². The number of hydrogen-bond acceptors (Lipinski definition) is 4. The normalized spacial score (nSPS) is 13.7. The molecular formula is C14H17FN2O3. The van der Waals surface area contributed by atoms with E-state index in [4.69, 9.17) is 4.74 Å². The summed E-state index contributed by atoms with van der Waals surface area (Å²) in [4.78, 5) is 24.4. The predicted octanol–water partition coefficient (Wildman–Crippen LogP) is 1.82. The van der Waals surface area contributed by atoms with E-state index in [9.17, 15) is 14.0 Å². The van der Waals surface area contributed by atoms with Gasteiger partial charge in [-0.05, 0) is 26.0 Å². The van der Waals surface area contributed by atoms with Crippen molar-refractivity contribution < 1.29 is 18.7 Å². The summed E-state index contributed by atoms with van der Waals surface area (Å²) in [6.45, 7) is 4.83. The van der Waals surface area contributed by atoms with Gasteiger partial charge in [0.2, 0.25) is 0 Å². The molecule has 2 rings (SSSR count). The third-order valence-electron chi connectivity index (χ3n) is 3.08. The number of hydrogen-bond donors (Lipinski definition) is 1. The molecule has 0 radical (unpaired) electrons. The number of fused-ring (bicyclic) bond motifs is 1. The Kier molecular flexibility index (Phi) is 4.04. The van der Waals surface area contributed by atoms with Gasteiger partial charge in [-0.15, -0.1) is 0 Å². The number of nitrogens with one attached hydrogen (secondary N) is 1. The van der Waals surface area contributed by atoms with Crippen molar-refractivity contribution in [1.82, 2.24) is 0 Å². The molecule has 1 aromatic carbocycles. The molecule has 0 atom stereocenters. The lowest BCUT2D eigenvalue weighted by Gasteiger charge is -2.21. The number of ketones is 1. The first-order valence-electron chi connectivity index (χ1n) is 6.42. The Morgan fingerprint density at radius 3 is 2.70 bits per heavy atom. The molecule has 0 aliphatic carbocycles. The number of likely N-dealkylation sites (N-methyl/N-ethyl adjacent to an activating group) is 1. The monoisotopic (exact) mass is 280 g/mol. The highest BCUT2D eigenvalue weighted by atomic mass is 19.1. The summed E-state index contributed by atoms with van der Waals surface area (Å²) in [6, 6.07) is 2.58. The zero-order chi connectivity index (χ0) is 14.9. The van der Waals surface area contributed by atoms with Gasteiger partial charge in [-0.3, -0.25) is 9.59 Å². The van der Waals surface area contributed by atoms with Gasteiger partial charge in [0.1, 0.15) is 5.82 Å². The molecule has 0 saturated heterocycles. The molecule has 0 spiro atoms. The van der Waals surface area contributed by atoms with Crippen LogP contribution in [0.1, 0.15) is 24.2 Å². The van der Waals surface area contributed by atoms with Gasteiger partial charge in [-0.2, -0.15) is 0 Å². The van der Waals surface area contributed by atoms with Crippen molar-refractivity contribution in [1.29, 1.82) is 0 Å². The van der Waals surface area contributed by atoms with Crippen LogP contribution >= 0.6 is 0 Å². The first-order chi connectivity index (χ1) is 9.40. The van der Waals surface area contributed by atoms with Crippen LogP contribution in [0.25, 0.3) is 0 Å². The summed E-state index contributed by atoms with van der Waals surface area (Å²) in [5.74, 6) is -1.95. The van der Waals surface area contributed by atoms with E-state index in [0.29, 0.717) is 24.5 Å². The van der Waals surface area contributed by atoms with E-state index in [2.05, 4.69) is 5.32 Å². The second kappa shape index (κ2) is 5.58. The summed E-state index contributed by atoms with van der Waals surface area (Å²) in [5, 5.41) is 2.43. The number of carbonyl (C=O) groups is 2. The Balaban J connectivity index is 2.15. The zero-order valence-electron chi connectivity index (χ0n) is 11.7. The molecule has 0 fully saturated rings. The standard InChI is InChI=1S/C14H17FN2O3/c1-8(2)20-5-4-17(3)12-7-11-9(6-10(12)15)13(18)14(19)16-11/h6-8H,4-5H2,1-3H3,(H,16,18,19). The van der Waals surface area contributed by atoms with Gasteiger partial charge >= 0.3 is 0 Å². The Morgan fingerprint density at radius 1 is 1.35 bits per heavy atom. The van der Waals surface area contributed by atoms with Crippen LogP contribution in [0, 0.1) is 5.82 Å². The van der Waals surface area contributed by atoms with Gasteiger partial charge in [0.05, 0.1) is 29.6 Å². The zero-order valence-corrected chi connectivity index (χ0v) is 11.7. The summed E-state index contributed by atoms with van der Waals surface area (Å²) >= 11 is 0. The second-order valence-electron chi connectivity index (χ2n) is 4.97. The van der Waals surface area contributed by atoms with Gasteiger partial charge in [0, 0.05) is 13.6 Å². The summed E-state index contributed by atoms with van der Waals surface area (Å²) in [5.41, 5.74) is 0.766. The summed E-state index contributed by atoms with van der Waals surface area (Å²) in [7, 11) is 1.73. The molecule has 20 heavy (non-hydrogen) atoms. The predicted molar refractivity (Wildman–Crippen MR) is 73.7 cm³/mol. The number of nitrogens with zero attached hydrogens (tertiary/aromatic N) is 1. The van der Waals surface area contributed by atoms with E-state index in [1.807, 2.05) is 13.8 Å². The quantitative estimate of drug-likeness (QED) is 0.836.